The van der Waals surface area contributed by atoms with Crippen LogP contribution in [0, 0.1) is 0 Å². The molecule has 1 aromatic carbocycles. The SMILES string of the molecule is CC(C)(C)OC(=O)NC1CCCN2C(=O)C(C)(C)Oc3ccccc3C3CCC(CC3)OC[C@@H]12. The third kappa shape index (κ3) is 5.68. The molecule has 2 atom stereocenters. The lowest BCUT2D eigenvalue weighted by molar-refractivity contribution is -0.153. The zero-order valence-electron chi connectivity index (χ0n) is 21.3. The fourth-order valence-electron chi connectivity index (χ4n) is 5.49. The van der Waals surface area contributed by atoms with Gasteiger partial charge in [-0.2, -0.15) is 0 Å². The van der Waals surface area contributed by atoms with Crippen LogP contribution in [0.15, 0.2) is 24.3 Å². The number of carbonyl (C=O) groups excluding carboxylic acids is 2. The summed E-state index contributed by atoms with van der Waals surface area (Å²) in [6.07, 6.45) is 5.30. The molecule has 2 amide bonds. The summed E-state index contributed by atoms with van der Waals surface area (Å²) in [5.74, 6) is 1.12. The highest BCUT2D eigenvalue weighted by Gasteiger charge is 2.43. The van der Waals surface area contributed by atoms with Crippen LogP contribution in [0.5, 0.6) is 5.75 Å². The van der Waals surface area contributed by atoms with Crippen molar-refractivity contribution >= 4 is 12.0 Å². The highest BCUT2D eigenvalue weighted by Crippen LogP contribution is 2.40. The van der Waals surface area contributed by atoms with Crippen LogP contribution in [-0.2, 0) is 14.3 Å². The summed E-state index contributed by atoms with van der Waals surface area (Å²) in [4.78, 5) is 28.3. The van der Waals surface area contributed by atoms with Crippen molar-refractivity contribution in [1.29, 1.82) is 0 Å². The summed E-state index contributed by atoms with van der Waals surface area (Å²) in [6.45, 7) is 10.2. The molecule has 1 saturated carbocycles. The first-order valence-electron chi connectivity index (χ1n) is 12.7. The van der Waals surface area contributed by atoms with E-state index in [9.17, 15) is 9.59 Å². The normalized spacial score (nSPS) is 29.4. The molecular formula is C27H40N2O5. The molecule has 0 spiro atoms. The van der Waals surface area contributed by atoms with E-state index in [0.29, 0.717) is 19.1 Å². The van der Waals surface area contributed by atoms with Gasteiger partial charge in [-0.05, 0) is 90.7 Å². The number of hydrogen-bond acceptors (Lipinski definition) is 5. The van der Waals surface area contributed by atoms with E-state index in [0.717, 1.165) is 44.3 Å². The number of benzene rings is 1. The van der Waals surface area contributed by atoms with Gasteiger partial charge < -0.3 is 24.4 Å². The summed E-state index contributed by atoms with van der Waals surface area (Å²) >= 11 is 0. The second kappa shape index (κ2) is 9.76. The number of ether oxygens (including phenoxy) is 3. The molecule has 1 N–H and O–H groups in total. The van der Waals surface area contributed by atoms with Crippen LogP contribution in [0.25, 0.3) is 0 Å². The molecule has 2 fully saturated rings. The molecule has 3 aliphatic heterocycles. The maximum absolute atomic E-state index is 13.9. The minimum atomic E-state index is -1.05. The Bertz CT molecular complexity index is 885. The summed E-state index contributed by atoms with van der Waals surface area (Å²) in [6, 6.07) is 7.61. The summed E-state index contributed by atoms with van der Waals surface area (Å²) < 4.78 is 18.4. The maximum Gasteiger partial charge on any atom is 0.407 e. The molecule has 1 aliphatic carbocycles. The van der Waals surface area contributed by atoms with E-state index in [4.69, 9.17) is 14.2 Å². The number of carbonyl (C=O) groups is 2. The second-order valence-corrected chi connectivity index (χ2v) is 11.4. The lowest BCUT2D eigenvalue weighted by Gasteiger charge is -2.44. The standard InChI is InChI=1S/C27H40N2O5/c1-26(2,3)34-25(31)28-21-10-8-16-29-22(21)17-32-19-14-12-18(13-15-19)20-9-6-7-11-23(20)33-27(4,5)24(29)30/h6-7,9,11,18-19,21-22H,8,10,12-17H2,1-5H3,(H,28,31)/t18?,19?,21?,22-/m0/s1. The molecule has 1 unspecified atom stereocenters. The van der Waals surface area contributed by atoms with Crippen LogP contribution in [0.4, 0.5) is 4.79 Å². The monoisotopic (exact) mass is 472 g/mol. The van der Waals surface area contributed by atoms with Gasteiger partial charge in [0.25, 0.3) is 5.91 Å². The Balaban J connectivity index is 1.63. The van der Waals surface area contributed by atoms with Crippen LogP contribution in [0.2, 0.25) is 0 Å². The topological polar surface area (TPSA) is 77.1 Å². The van der Waals surface area contributed by atoms with E-state index in [2.05, 4.69) is 11.4 Å². The Labute approximate surface area is 203 Å². The molecule has 0 radical (unpaired) electrons. The van der Waals surface area contributed by atoms with Gasteiger partial charge in [0, 0.05) is 6.54 Å². The summed E-state index contributed by atoms with van der Waals surface area (Å²) in [7, 11) is 0. The number of piperidine rings is 1. The molecule has 7 heteroatoms. The lowest BCUT2D eigenvalue weighted by atomic mass is 9.82. The van der Waals surface area contributed by atoms with Crippen LogP contribution >= 0.6 is 0 Å². The van der Waals surface area contributed by atoms with Crippen LogP contribution in [0.1, 0.15) is 84.6 Å². The predicted molar refractivity (Wildman–Crippen MR) is 130 cm³/mol. The third-order valence-electron chi connectivity index (χ3n) is 7.16. The van der Waals surface area contributed by atoms with Gasteiger partial charge in [0.1, 0.15) is 11.4 Å². The largest absolute Gasteiger partial charge is 0.478 e. The highest BCUT2D eigenvalue weighted by atomic mass is 16.6. The number of hydrogen-bond donors (Lipinski definition) is 1. The van der Waals surface area contributed by atoms with E-state index >= 15 is 0 Å². The molecule has 4 aliphatic rings. The fraction of sp³-hybridized carbons (Fsp3) is 0.704. The Morgan fingerprint density at radius 3 is 2.53 bits per heavy atom. The molecule has 5 rings (SSSR count). The van der Waals surface area contributed by atoms with Crippen molar-refractivity contribution in [3.63, 3.8) is 0 Å². The van der Waals surface area contributed by atoms with E-state index in [-0.39, 0.29) is 24.1 Å². The smallest absolute Gasteiger partial charge is 0.407 e. The van der Waals surface area contributed by atoms with E-state index in [1.807, 2.05) is 57.7 Å². The van der Waals surface area contributed by atoms with Gasteiger partial charge in [0.05, 0.1) is 24.8 Å². The maximum atomic E-state index is 13.9. The first-order chi connectivity index (χ1) is 16.0. The predicted octanol–water partition coefficient (Wildman–Crippen LogP) is 4.78. The van der Waals surface area contributed by atoms with Crippen LogP contribution in [-0.4, -0.2) is 59.4 Å². The first-order valence-corrected chi connectivity index (χ1v) is 12.7. The van der Waals surface area contributed by atoms with Gasteiger partial charge >= 0.3 is 6.09 Å². The molecule has 34 heavy (non-hydrogen) atoms. The molecule has 2 bridgehead atoms. The van der Waals surface area contributed by atoms with E-state index in [1.165, 1.54) is 5.56 Å². The minimum Gasteiger partial charge on any atom is -0.478 e. The van der Waals surface area contributed by atoms with Gasteiger partial charge in [-0.25, -0.2) is 4.79 Å². The molecule has 1 aromatic rings. The molecular weight excluding hydrogens is 432 g/mol. The van der Waals surface area contributed by atoms with Crippen molar-refractivity contribution in [3.05, 3.63) is 29.8 Å². The van der Waals surface area contributed by atoms with E-state index < -0.39 is 17.3 Å². The molecule has 3 heterocycles. The molecule has 0 aromatic heterocycles. The average molecular weight is 473 g/mol. The van der Waals surface area contributed by atoms with Crippen LogP contribution in [0.3, 0.4) is 0 Å². The zero-order chi connectivity index (χ0) is 24.5. The first kappa shape index (κ1) is 24.8. The van der Waals surface area contributed by atoms with Crippen molar-refractivity contribution < 1.29 is 23.8 Å². The van der Waals surface area contributed by atoms with Gasteiger partial charge in [0.2, 0.25) is 0 Å². The van der Waals surface area contributed by atoms with Gasteiger partial charge in [-0.15, -0.1) is 0 Å². The number of fused-ring (bicyclic) bond motifs is 5. The Morgan fingerprint density at radius 1 is 1.12 bits per heavy atom. The second-order valence-electron chi connectivity index (χ2n) is 11.4. The van der Waals surface area contributed by atoms with Crippen LogP contribution < -0.4 is 10.1 Å². The highest BCUT2D eigenvalue weighted by molar-refractivity contribution is 5.85. The Kier molecular flexibility index (Phi) is 7.13. The van der Waals surface area contributed by atoms with Crippen molar-refractivity contribution in [1.82, 2.24) is 10.2 Å². The average Bonchev–Trinajstić information content (AvgIpc) is 2.77. The number of nitrogens with zero attached hydrogens (tertiary/aromatic N) is 1. The summed E-state index contributed by atoms with van der Waals surface area (Å²) in [5.41, 5.74) is -0.452. The van der Waals surface area contributed by atoms with Gasteiger partial charge in [-0.3, -0.25) is 4.79 Å². The quantitative estimate of drug-likeness (QED) is 0.636. The zero-order valence-corrected chi connectivity index (χ0v) is 21.3. The molecule has 1 saturated heterocycles. The lowest BCUT2D eigenvalue weighted by Crippen LogP contribution is -2.63. The van der Waals surface area contributed by atoms with Crippen molar-refractivity contribution in [2.75, 3.05) is 13.2 Å². The van der Waals surface area contributed by atoms with Crippen molar-refractivity contribution in [3.8, 4) is 5.75 Å². The number of alkyl carbamates (subject to hydrolysis) is 1. The number of nitrogens with one attached hydrogen (secondary N) is 1. The fourth-order valence-corrected chi connectivity index (χ4v) is 5.49. The molecule has 7 nitrogen and oxygen atoms in total. The Hall–Kier alpha value is -2.28. The Morgan fingerprint density at radius 2 is 1.82 bits per heavy atom. The number of rotatable bonds is 1. The van der Waals surface area contributed by atoms with Gasteiger partial charge in [0.15, 0.2) is 5.60 Å². The van der Waals surface area contributed by atoms with Gasteiger partial charge in [-0.1, -0.05) is 18.2 Å². The van der Waals surface area contributed by atoms with Crippen molar-refractivity contribution in [2.24, 2.45) is 0 Å². The third-order valence-corrected chi connectivity index (χ3v) is 7.16. The number of para-hydroxylation sites is 1. The number of amides is 2. The van der Waals surface area contributed by atoms with Crippen molar-refractivity contribution in [2.45, 2.75) is 108 Å². The van der Waals surface area contributed by atoms with E-state index in [1.54, 1.807) is 0 Å². The minimum absolute atomic E-state index is 0.0850. The summed E-state index contributed by atoms with van der Waals surface area (Å²) in [5, 5.41) is 3.03. The molecule has 188 valence electrons.